The number of allylic oxidation sites excluding steroid dienone is 1. The van der Waals surface area contributed by atoms with Crippen molar-refractivity contribution in [2.75, 3.05) is 0 Å². The summed E-state index contributed by atoms with van der Waals surface area (Å²) >= 11 is 0. The fourth-order valence-electron chi connectivity index (χ4n) is 5.02. The molecule has 1 aliphatic rings. The normalized spacial score (nSPS) is 16.3. The molecule has 1 unspecified atom stereocenters. The van der Waals surface area contributed by atoms with Gasteiger partial charge in [-0.05, 0) is 42.4 Å². The van der Waals surface area contributed by atoms with E-state index in [4.69, 9.17) is 0 Å². The van der Waals surface area contributed by atoms with Crippen LogP contribution in [0.4, 0.5) is 0 Å². The summed E-state index contributed by atoms with van der Waals surface area (Å²) in [4.78, 5) is 13.1. The summed E-state index contributed by atoms with van der Waals surface area (Å²) in [6, 6.07) is 7.32. The summed E-state index contributed by atoms with van der Waals surface area (Å²) in [5.74, 6) is -0.477. The number of carbonyl (C=O) groups excluding carboxylic acids is 1. The maximum Gasteiger partial charge on any atom is 0.279 e. The van der Waals surface area contributed by atoms with Crippen molar-refractivity contribution in [2.24, 2.45) is 0 Å². The van der Waals surface area contributed by atoms with Crippen molar-refractivity contribution in [2.45, 2.75) is 122 Å². The number of rotatable bonds is 17. The van der Waals surface area contributed by atoms with Crippen molar-refractivity contribution in [3.8, 4) is 0 Å². The third kappa shape index (κ3) is 8.68. The highest BCUT2D eigenvalue weighted by atomic mass is 32.2. The standard InChI is InChI=1S/C28H44O4S/c1-3-5-7-9-11-13-15-19-24-23-20-17-18-21-25(23)27(29)28(33(30,31)32)26(24)22-16-14-12-10-8-6-4-2/h17-18,20-21,28H,3-16,19,22H2,1-2H3,(H,30,31,32). The fourth-order valence-corrected chi connectivity index (χ4v) is 6.03. The van der Waals surface area contributed by atoms with Gasteiger partial charge in [-0.2, -0.15) is 8.42 Å². The molecule has 0 saturated heterocycles. The highest BCUT2D eigenvalue weighted by molar-refractivity contribution is 7.87. The minimum absolute atomic E-state index is 0.432. The van der Waals surface area contributed by atoms with E-state index >= 15 is 0 Å². The van der Waals surface area contributed by atoms with Crippen LogP contribution in [-0.4, -0.2) is 24.0 Å². The molecule has 0 radical (unpaired) electrons. The summed E-state index contributed by atoms with van der Waals surface area (Å²) in [6.07, 6.45) is 17.5. The average Bonchev–Trinajstić information content (AvgIpc) is 2.78. The average molecular weight is 477 g/mol. The quantitative estimate of drug-likeness (QED) is 0.182. The molecule has 5 heteroatoms. The molecule has 0 heterocycles. The predicted molar refractivity (Wildman–Crippen MR) is 138 cm³/mol. The monoisotopic (exact) mass is 476 g/mol. The van der Waals surface area contributed by atoms with Gasteiger partial charge >= 0.3 is 0 Å². The molecule has 186 valence electrons. The molecule has 0 aromatic heterocycles. The first-order valence-electron chi connectivity index (χ1n) is 13.2. The number of Topliss-reactive ketones (excluding diaryl/α,β-unsaturated/α-hetero) is 1. The van der Waals surface area contributed by atoms with E-state index in [1.165, 1.54) is 57.8 Å². The van der Waals surface area contributed by atoms with Crippen LogP contribution < -0.4 is 0 Å². The predicted octanol–water partition coefficient (Wildman–Crippen LogP) is 8.17. The molecule has 0 amide bonds. The lowest BCUT2D eigenvalue weighted by Gasteiger charge is -2.28. The first-order valence-corrected chi connectivity index (χ1v) is 14.7. The first-order chi connectivity index (χ1) is 15.9. The van der Waals surface area contributed by atoms with E-state index in [0.29, 0.717) is 17.6 Å². The maximum absolute atomic E-state index is 13.1. The van der Waals surface area contributed by atoms with E-state index < -0.39 is 21.2 Å². The van der Waals surface area contributed by atoms with Gasteiger partial charge in [0.2, 0.25) is 0 Å². The van der Waals surface area contributed by atoms with Crippen LogP contribution in [0, 0.1) is 0 Å². The fraction of sp³-hybridized carbons (Fsp3) is 0.679. The molecule has 1 aromatic carbocycles. The molecule has 1 aromatic rings. The summed E-state index contributed by atoms with van der Waals surface area (Å²) in [6.45, 7) is 4.42. The van der Waals surface area contributed by atoms with Crippen molar-refractivity contribution in [1.29, 1.82) is 0 Å². The Labute approximate surface area is 202 Å². The Kier molecular flexibility index (Phi) is 12.4. The van der Waals surface area contributed by atoms with Gasteiger partial charge in [0, 0.05) is 5.56 Å². The van der Waals surface area contributed by atoms with Crippen molar-refractivity contribution >= 4 is 21.5 Å². The molecule has 1 atom stereocenters. The summed E-state index contributed by atoms with van der Waals surface area (Å²) < 4.78 is 34.7. The molecule has 2 rings (SSSR count). The number of carbonyl (C=O) groups is 1. The van der Waals surface area contributed by atoms with Gasteiger partial charge in [-0.1, -0.05) is 115 Å². The lowest BCUT2D eigenvalue weighted by atomic mass is 9.80. The molecular weight excluding hydrogens is 432 g/mol. The zero-order chi connectivity index (χ0) is 24.1. The van der Waals surface area contributed by atoms with Crippen LogP contribution in [0.2, 0.25) is 0 Å². The number of fused-ring (bicyclic) bond motifs is 1. The molecule has 0 aliphatic heterocycles. The Morgan fingerprint density at radius 1 is 0.697 bits per heavy atom. The van der Waals surface area contributed by atoms with E-state index in [0.717, 1.165) is 49.7 Å². The van der Waals surface area contributed by atoms with E-state index in [-0.39, 0.29) is 0 Å². The largest absolute Gasteiger partial charge is 0.292 e. The van der Waals surface area contributed by atoms with E-state index in [1.54, 1.807) is 12.1 Å². The zero-order valence-electron chi connectivity index (χ0n) is 20.8. The lowest BCUT2D eigenvalue weighted by Crippen LogP contribution is -2.36. The Bertz CT molecular complexity index is 870. The molecular formula is C28H44O4S. The first kappa shape index (κ1) is 27.8. The van der Waals surface area contributed by atoms with Crippen LogP contribution in [0.3, 0.4) is 0 Å². The second kappa shape index (κ2) is 14.7. The van der Waals surface area contributed by atoms with Gasteiger partial charge in [-0.15, -0.1) is 0 Å². The van der Waals surface area contributed by atoms with Gasteiger partial charge in [-0.25, -0.2) is 0 Å². The molecule has 0 bridgehead atoms. The van der Waals surface area contributed by atoms with Crippen LogP contribution in [0.1, 0.15) is 133 Å². The van der Waals surface area contributed by atoms with Crippen molar-refractivity contribution in [3.63, 3.8) is 0 Å². The topological polar surface area (TPSA) is 71.4 Å². The van der Waals surface area contributed by atoms with Gasteiger partial charge in [0.25, 0.3) is 10.1 Å². The third-order valence-electron chi connectivity index (χ3n) is 6.84. The Morgan fingerprint density at radius 3 is 1.67 bits per heavy atom. The summed E-state index contributed by atoms with van der Waals surface area (Å²) in [5, 5.41) is -1.44. The van der Waals surface area contributed by atoms with Gasteiger partial charge in [-0.3, -0.25) is 9.35 Å². The van der Waals surface area contributed by atoms with Crippen LogP contribution in [0.25, 0.3) is 5.57 Å². The SMILES string of the molecule is CCCCCCCCCC1=C(CCCCCCCCC)C(S(=O)(=O)O)C(=O)c2ccccc21. The van der Waals surface area contributed by atoms with E-state index in [1.807, 2.05) is 12.1 Å². The van der Waals surface area contributed by atoms with Gasteiger partial charge in [0.05, 0.1) is 0 Å². The minimum atomic E-state index is -4.51. The Hall–Kier alpha value is -1.46. The van der Waals surface area contributed by atoms with Crippen molar-refractivity contribution in [1.82, 2.24) is 0 Å². The van der Waals surface area contributed by atoms with Gasteiger partial charge in [0.1, 0.15) is 0 Å². The van der Waals surface area contributed by atoms with Crippen LogP contribution >= 0.6 is 0 Å². The van der Waals surface area contributed by atoms with Gasteiger partial charge < -0.3 is 0 Å². The summed E-state index contributed by atoms with van der Waals surface area (Å²) in [5.41, 5.74) is 2.92. The van der Waals surface area contributed by atoms with Crippen LogP contribution in [-0.2, 0) is 10.1 Å². The second-order valence-electron chi connectivity index (χ2n) is 9.55. The van der Waals surface area contributed by atoms with E-state index in [9.17, 15) is 17.8 Å². The number of benzene rings is 1. The highest BCUT2D eigenvalue weighted by Gasteiger charge is 2.41. The minimum Gasteiger partial charge on any atom is -0.292 e. The number of ketones is 1. The highest BCUT2D eigenvalue weighted by Crippen LogP contribution is 2.39. The zero-order valence-corrected chi connectivity index (χ0v) is 21.6. The summed E-state index contributed by atoms with van der Waals surface area (Å²) in [7, 11) is -4.51. The maximum atomic E-state index is 13.1. The molecule has 33 heavy (non-hydrogen) atoms. The Morgan fingerprint density at radius 2 is 1.15 bits per heavy atom. The van der Waals surface area contributed by atoms with Crippen LogP contribution in [0.5, 0.6) is 0 Å². The lowest BCUT2D eigenvalue weighted by molar-refractivity contribution is 0.0991. The molecule has 1 N–H and O–H groups in total. The van der Waals surface area contributed by atoms with Crippen LogP contribution in [0.15, 0.2) is 29.8 Å². The molecule has 0 spiro atoms. The second-order valence-corrected chi connectivity index (χ2v) is 11.1. The molecule has 4 nitrogen and oxygen atoms in total. The molecule has 1 aliphatic carbocycles. The molecule has 0 fully saturated rings. The third-order valence-corrected chi connectivity index (χ3v) is 7.93. The Balaban J connectivity index is 2.18. The number of unbranched alkanes of at least 4 members (excludes halogenated alkanes) is 12. The smallest absolute Gasteiger partial charge is 0.279 e. The number of hydrogen-bond donors (Lipinski definition) is 1. The van der Waals surface area contributed by atoms with Crippen molar-refractivity contribution < 1.29 is 17.8 Å². The number of hydrogen-bond acceptors (Lipinski definition) is 3. The van der Waals surface area contributed by atoms with E-state index in [2.05, 4.69) is 13.8 Å². The van der Waals surface area contributed by atoms with Gasteiger partial charge in [0.15, 0.2) is 11.0 Å². The molecule has 0 saturated carbocycles. The van der Waals surface area contributed by atoms with Crippen molar-refractivity contribution in [3.05, 3.63) is 41.0 Å².